The number of benzene rings is 1. The number of aryl methyl sites for hydroxylation is 1. The third-order valence-corrected chi connectivity index (χ3v) is 3.48. The van der Waals surface area contributed by atoms with Crippen LogP contribution in [0.15, 0.2) is 22.7 Å². The molecule has 1 aromatic carbocycles. The Hall–Kier alpha value is -0.380. The summed E-state index contributed by atoms with van der Waals surface area (Å²) in [6.07, 6.45) is 1.20. The summed E-state index contributed by atoms with van der Waals surface area (Å²) >= 11 is 3.63. The first-order valence-corrected chi connectivity index (χ1v) is 7.07. The quantitative estimate of drug-likeness (QED) is 0.778. The molecule has 0 aliphatic heterocycles. The van der Waals surface area contributed by atoms with Gasteiger partial charge < -0.3 is 10.2 Å². The van der Waals surface area contributed by atoms with Crippen LogP contribution < -0.4 is 5.32 Å². The van der Waals surface area contributed by atoms with Crippen LogP contribution >= 0.6 is 15.9 Å². The van der Waals surface area contributed by atoms with Gasteiger partial charge in [-0.3, -0.25) is 0 Å². The van der Waals surface area contributed by atoms with E-state index < -0.39 is 0 Å². The van der Waals surface area contributed by atoms with Crippen molar-refractivity contribution in [2.24, 2.45) is 0 Å². The van der Waals surface area contributed by atoms with Crippen molar-refractivity contribution in [2.45, 2.75) is 26.8 Å². The van der Waals surface area contributed by atoms with E-state index in [2.05, 4.69) is 65.2 Å². The van der Waals surface area contributed by atoms with Crippen LogP contribution in [0.4, 0.5) is 0 Å². The molecule has 0 heterocycles. The van der Waals surface area contributed by atoms with Crippen LogP contribution in [0, 0.1) is 6.92 Å². The summed E-state index contributed by atoms with van der Waals surface area (Å²) in [6, 6.07) is 6.55. The first kappa shape index (κ1) is 14.7. The molecule has 0 aromatic heterocycles. The minimum Gasteiger partial charge on any atom is -0.315 e. The summed E-state index contributed by atoms with van der Waals surface area (Å²) in [7, 11) is 2.17. The average Bonchev–Trinajstić information content (AvgIpc) is 2.28. The molecule has 0 aliphatic carbocycles. The third-order valence-electron chi connectivity index (χ3n) is 2.75. The maximum atomic E-state index is 3.63. The van der Waals surface area contributed by atoms with Crippen molar-refractivity contribution in [2.75, 3.05) is 26.7 Å². The lowest BCUT2D eigenvalue weighted by atomic mass is 10.1. The number of hydrogen-bond acceptors (Lipinski definition) is 2. The van der Waals surface area contributed by atoms with Gasteiger partial charge in [-0.05, 0) is 44.1 Å². The summed E-state index contributed by atoms with van der Waals surface area (Å²) in [4.78, 5) is 2.35. The molecule has 0 spiro atoms. The zero-order valence-corrected chi connectivity index (χ0v) is 12.7. The Bertz CT molecular complexity index is 339. The Balaban J connectivity index is 2.37. The van der Waals surface area contributed by atoms with E-state index in [-0.39, 0.29) is 0 Å². The van der Waals surface area contributed by atoms with Crippen molar-refractivity contribution in [1.82, 2.24) is 10.2 Å². The SMILES string of the molecule is CCCNCCN(C)Cc1ccc(C)cc1Br. The predicted molar refractivity (Wildman–Crippen MR) is 78.4 cm³/mol. The maximum Gasteiger partial charge on any atom is 0.0242 e. The fourth-order valence-electron chi connectivity index (χ4n) is 1.72. The number of hydrogen-bond donors (Lipinski definition) is 1. The van der Waals surface area contributed by atoms with Crippen molar-refractivity contribution in [3.05, 3.63) is 33.8 Å². The second-order valence-corrected chi connectivity index (χ2v) is 5.44. The molecule has 17 heavy (non-hydrogen) atoms. The second-order valence-electron chi connectivity index (χ2n) is 4.58. The molecule has 0 saturated carbocycles. The van der Waals surface area contributed by atoms with Crippen LogP contribution in [-0.2, 0) is 6.54 Å². The Kier molecular flexibility index (Phi) is 6.78. The molecule has 1 rings (SSSR count). The van der Waals surface area contributed by atoms with Crippen LogP contribution in [-0.4, -0.2) is 31.6 Å². The van der Waals surface area contributed by atoms with E-state index >= 15 is 0 Å². The molecule has 0 aliphatic rings. The zero-order chi connectivity index (χ0) is 12.7. The van der Waals surface area contributed by atoms with Crippen LogP contribution in [0.5, 0.6) is 0 Å². The smallest absolute Gasteiger partial charge is 0.0242 e. The molecular formula is C14H23BrN2. The lowest BCUT2D eigenvalue weighted by Gasteiger charge is -2.18. The molecule has 0 amide bonds. The monoisotopic (exact) mass is 298 g/mol. The van der Waals surface area contributed by atoms with Gasteiger partial charge in [0, 0.05) is 24.1 Å². The van der Waals surface area contributed by atoms with E-state index in [1.165, 1.54) is 22.0 Å². The molecule has 0 fully saturated rings. The molecule has 96 valence electrons. The molecule has 0 unspecified atom stereocenters. The molecular weight excluding hydrogens is 276 g/mol. The van der Waals surface area contributed by atoms with Gasteiger partial charge in [-0.2, -0.15) is 0 Å². The number of halogens is 1. The van der Waals surface area contributed by atoms with Crippen molar-refractivity contribution in [1.29, 1.82) is 0 Å². The van der Waals surface area contributed by atoms with Gasteiger partial charge in [-0.15, -0.1) is 0 Å². The van der Waals surface area contributed by atoms with Crippen LogP contribution in [0.3, 0.4) is 0 Å². The highest BCUT2D eigenvalue weighted by atomic mass is 79.9. The van der Waals surface area contributed by atoms with Gasteiger partial charge in [0.1, 0.15) is 0 Å². The van der Waals surface area contributed by atoms with Gasteiger partial charge in [0.25, 0.3) is 0 Å². The number of rotatable bonds is 7. The van der Waals surface area contributed by atoms with Gasteiger partial charge in [-0.1, -0.05) is 35.0 Å². The van der Waals surface area contributed by atoms with Crippen LogP contribution in [0.25, 0.3) is 0 Å². The van der Waals surface area contributed by atoms with E-state index in [4.69, 9.17) is 0 Å². The highest BCUT2D eigenvalue weighted by molar-refractivity contribution is 9.10. The minimum absolute atomic E-state index is 0.995. The number of nitrogens with zero attached hydrogens (tertiary/aromatic N) is 1. The van der Waals surface area contributed by atoms with Gasteiger partial charge in [0.15, 0.2) is 0 Å². The topological polar surface area (TPSA) is 15.3 Å². The zero-order valence-electron chi connectivity index (χ0n) is 11.1. The van der Waals surface area contributed by atoms with Crippen LogP contribution in [0.2, 0.25) is 0 Å². The highest BCUT2D eigenvalue weighted by Crippen LogP contribution is 2.19. The van der Waals surface area contributed by atoms with Crippen molar-refractivity contribution >= 4 is 15.9 Å². The third kappa shape index (κ3) is 5.66. The van der Waals surface area contributed by atoms with Gasteiger partial charge >= 0.3 is 0 Å². The van der Waals surface area contributed by atoms with E-state index in [0.29, 0.717) is 0 Å². The Labute approximate surface area is 114 Å². The summed E-state index contributed by atoms with van der Waals surface area (Å²) in [5.41, 5.74) is 2.65. The maximum absolute atomic E-state index is 3.63. The molecule has 0 bridgehead atoms. The molecule has 3 heteroatoms. The molecule has 0 atom stereocenters. The van der Waals surface area contributed by atoms with E-state index in [1.54, 1.807) is 0 Å². The van der Waals surface area contributed by atoms with Crippen LogP contribution in [0.1, 0.15) is 24.5 Å². The number of nitrogens with one attached hydrogen (secondary N) is 1. The van der Waals surface area contributed by atoms with Gasteiger partial charge in [0.2, 0.25) is 0 Å². The lowest BCUT2D eigenvalue weighted by molar-refractivity contribution is 0.324. The predicted octanol–water partition coefficient (Wildman–Crippen LogP) is 3.19. The summed E-state index contributed by atoms with van der Waals surface area (Å²) in [6.45, 7) is 8.57. The van der Waals surface area contributed by atoms with Crippen molar-refractivity contribution in [3.8, 4) is 0 Å². The second kappa shape index (κ2) is 7.85. The Morgan fingerprint density at radius 2 is 2.06 bits per heavy atom. The number of likely N-dealkylation sites (N-methyl/N-ethyl adjacent to an activating group) is 1. The summed E-state index contributed by atoms with van der Waals surface area (Å²) in [5.74, 6) is 0. The normalized spacial score (nSPS) is 11.1. The van der Waals surface area contributed by atoms with Gasteiger partial charge in [-0.25, -0.2) is 0 Å². The highest BCUT2D eigenvalue weighted by Gasteiger charge is 2.03. The standard InChI is InChI=1S/C14H23BrN2/c1-4-7-16-8-9-17(3)11-13-6-5-12(2)10-14(13)15/h5-6,10,16H,4,7-9,11H2,1-3H3. The van der Waals surface area contributed by atoms with Crippen molar-refractivity contribution < 1.29 is 0 Å². The Morgan fingerprint density at radius 1 is 1.29 bits per heavy atom. The largest absolute Gasteiger partial charge is 0.315 e. The molecule has 1 N–H and O–H groups in total. The summed E-state index contributed by atoms with van der Waals surface area (Å²) < 4.78 is 1.21. The minimum atomic E-state index is 0.995. The Morgan fingerprint density at radius 3 is 2.71 bits per heavy atom. The first-order chi connectivity index (χ1) is 8.13. The van der Waals surface area contributed by atoms with E-state index in [0.717, 1.165) is 26.2 Å². The lowest BCUT2D eigenvalue weighted by Crippen LogP contribution is -2.29. The van der Waals surface area contributed by atoms with E-state index in [1.807, 2.05) is 0 Å². The fourth-order valence-corrected chi connectivity index (χ4v) is 2.34. The average molecular weight is 299 g/mol. The molecule has 0 radical (unpaired) electrons. The summed E-state index contributed by atoms with van der Waals surface area (Å²) in [5, 5.41) is 3.42. The molecule has 1 aromatic rings. The van der Waals surface area contributed by atoms with Crippen molar-refractivity contribution in [3.63, 3.8) is 0 Å². The molecule has 2 nitrogen and oxygen atoms in total. The van der Waals surface area contributed by atoms with E-state index in [9.17, 15) is 0 Å². The first-order valence-electron chi connectivity index (χ1n) is 6.27. The van der Waals surface area contributed by atoms with Gasteiger partial charge in [0.05, 0.1) is 0 Å². The molecule has 0 saturated heterocycles. The fraction of sp³-hybridized carbons (Fsp3) is 0.571.